The van der Waals surface area contributed by atoms with Gasteiger partial charge in [0.05, 0.1) is 0 Å². The van der Waals surface area contributed by atoms with Crippen molar-refractivity contribution in [2.24, 2.45) is 0 Å². The molecule has 0 bridgehead atoms. The van der Waals surface area contributed by atoms with Gasteiger partial charge in [-0.1, -0.05) is 6.92 Å². The Morgan fingerprint density at radius 3 is 2.10 bits per heavy atom. The second-order valence-electron chi connectivity index (χ2n) is 2.67. The largest absolute Gasteiger partial charge is 0.377 e. The van der Waals surface area contributed by atoms with Gasteiger partial charge < -0.3 is 10.0 Å². The minimum atomic E-state index is -0.417. The van der Waals surface area contributed by atoms with Crippen LogP contribution in [0.25, 0.3) is 0 Å². The summed E-state index contributed by atoms with van der Waals surface area (Å²) in [5.74, 6) is 0. The monoisotopic (exact) mass is 146 g/mol. The van der Waals surface area contributed by atoms with Crippen molar-refractivity contribution in [3.05, 3.63) is 0 Å². The van der Waals surface area contributed by atoms with Crippen LogP contribution in [0.5, 0.6) is 0 Å². The van der Waals surface area contributed by atoms with Gasteiger partial charge in [0.1, 0.15) is 6.23 Å². The molecular formula is C7H18N2O. The topological polar surface area (TPSA) is 35.5 Å². The molecule has 0 aliphatic rings. The predicted octanol–water partition coefficient (Wildman–Crippen LogP) is -0.136. The molecule has 3 nitrogen and oxygen atoms in total. The smallest absolute Gasteiger partial charge is 0.120 e. The van der Waals surface area contributed by atoms with Crippen molar-refractivity contribution in [3.8, 4) is 0 Å². The van der Waals surface area contributed by atoms with Crippen molar-refractivity contribution in [1.29, 1.82) is 0 Å². The quantitative estimate of drug-likeness (QED) is 0.542. The van der Waals surface area contributed by atoms with E-state index < -0.39 is 6.23 Å². The van der Waals surface area contributed by atoms with E-state index in [0.29, 0.717) is 0 Å². The lowest BCUT2D eigenvalue weighted by atomic mass is 10.2. The molecule has 0 heterocycles. The summed E-state index contributed by atoms with van der Waals surface area (Å²) in [6.45, 7) is 2.06. The lowest BCUT2D eigenvalue weighted by molar-refractivity contribution is 0.0534. The van der Waals surface area contributed by atoms with Crippen molar-refractivity contribution in [2.75, 3.05) is 21.1 Å². The molecule has 0 spiro atoms. The SMILES string of the molecule is CCC(C(O)NC)N(C)C. The molecule has 0 aliphatic carbocycles. The van der Waals surface area contributed by atoms with E-state index >= 15 is 0 Å². The number of aliphatic hydroxyl groups is 1. The van der Waals surface area contributed by atoms with Gasteiger partial charge in [-0.05, 0) is 27.6 Å². The predicted molar refractivity (Wildman–Crippen MR) is 42.8 cm³/mol. The molecule has 2 N–H and O–H groups in total. The molecule has 2 unspecified atom stereocenters. The number of nitrogens with zero attached hydrogens (tertiary/aromatic N) is 1. The molecule has 0 radical (unpaired) electrons. The fourth-order valence-corrected chi connectivity index (χ4v) is 1.06. The molecule has 62 valence electrons. The molecule has 0 rings (SSSR count). The maximum Gasteiger partial charge on any atom is 0.120 e. The van der Waals surface area contributed by atoms with Crippen LogP contribution in [0.2, 0.25) is 0 Å². The van der Waals surface area contributed by atoms with Crippen molar-refractivity contribution >= 4 is 0 Å². The van der Waals surface area contributed by atoms with Crippen LogP contribution in [0.1, 0.15) is 13.3 Å². The van der Waals surface area contributed by atoms with E-state index in [0.717, 1.165) is 6.42 Å². The van der Waals surface area contributed by atoms with Crippen molar-refractivity contribution in [1.82, 2.24) is 10.2 Å². The lowest BCUT2D eigenvalue weighted by Crippen LogP contribution is -2.45. The molecule has 0 aromatic heterocycles. The Morgan fingerprint density at radius 2 is 2.00 bits per heavy atom. The molecule has 0 amide bonds. The summed E-state index contributed by atoms with van der Waals surface area (Å²) >= 11 is 0. The Kier molecular flexibility index (Phi) is 4.60. The summed E-state index contributed by atoms with van der Waals surface area (Å²) < 4.78 is 0. The third-order valence-corrected chi connectivity index (χ3v) is 1.74. The first-order valence-electron chi connectivity index (χ1n) is 3.65. The van der Waals surface area contributed by atoms with Crippen LogP contribution in [-0.4, -0.2) is 43.4 Å². The van der Waals surface area contributed by atoms with E-state index in [2.05, 4.69) is 12.2 Å². The normalized spacial score (nSPS) is 17.4. The van der Waals surface area contributed by atoms with Gasteiger partial charge in [0, 0.05) is 6.04 Å². The maximum absolute atomic E-state index is 9.34. The average molecular weight is 146 g/mol. The van der Waals surface area contributed by atoms with Crippen LogP contribution in [-0.2, 0) is 0 Å². The summed E-state index contributed by atoms with van der Waals surface area (Å²) in [5.41, 5.74) is 0. The zero-order valence-corrected chi connectivity index (χ0v) is 7.26. The van der Waals surface area contributed by atoms with Crippen LogP contribution in [0.4, 0.5) is 0 Å². The zero-order chi connectivity index (χ0) is 8.15. The molecule has 0 saturated carbocycles. The second-order valence-corrected chi connectivity index (χ2v) is 2.67. The average Bonchev–Trinajstić information content (AvgIpc) is 1.88. The molecule has 0 aromatic rings. The summed E-state index contributed by atoms with van der Waals surface area (Å²) in [6.07, 6.45) is 0.537. The number of likely N-dealkylation sites (N-methyl/N-ethyl adjacent to an activating group) is 2. The Bertz CT molecular complexity index is 85.7. The van der Waals surface area contributed by atoms with Gasteiger partial charge in [-0.15, -0.1) is 0 Å². The third-order valence-electron chi connectivity index (χ3n) is 1.74. The fourth-order valence-electron chi connectivity index (χ4n) is 1.06. The van der Waals surface area contributed by atoms with Gasteiger partial charge in [0.25, 0.3) is 0 Å². The van der Waals surface area contributed by atoms with E-state index in [9.17, 15) is 5.11 Å². The Balaban J connectivity index is 3.80. The summed E-state index contributed by atoms with van der Waals surface area (Å²) in [6, 6.07) is 0.213. The lowest BCUT2D eigenvalue weighted by Gasteiger charge is -2.27. The number of hydrogen-bond donors (Lipinski definition) is 2. The molecule has 0 aliphatic heterocycles. The van der Waals surface area contributed by atoms with Crippen molar-refractivity contribution in [3.63, 3.8) is 0 Å². The molecule has 10 heavy (non-hydrogen) atoms. The first kappa shape index (κ1) is 9.88. The number of rotatable bonds is 4. The van der Waals surface area contributed by atoms with E-state index in [1.54, 1.807) is 7.05 Å². The fraction of sp³-hybridized carbons (Fsp3) is 1.00. The van der Waals surface area contributed by atoms with Gasteiger partial charge in [-0.25, -0.2) is 0 Å². The zero-order valence-electron chi connectivity index (χ0n) is 7.26. The molecular weight excluding hydrogens is 128 g/mol. The van der Waals surface area contributed by atoms with Crippen molar-refractivity contribution < 1.29 is 5.11 Å². The van der Waals surface area contributed by atoms with E-state index in [4.69, 9.17) is 0 Å². The number of aliphatic hydroxyl groups excluding tert-OH is 1. The Hall–Kier alpha value is -0.120. The first-order chi connectivity index (χ1) is 4.63. The highest BCUT2D eigenvalue weighted by Crippen LogP contribution is 2.01. The Labute approximate surface area is 63.0 Å². The molecule has 0 saturated heterocycles. The Morgan fingerprint density at radius 1 is 1.50 bits per heavy atom. The van der Waals surface area contributed by atoms with E-state index in [-0.39, 0.29) is 6.04 Å². The second kappa shape index (κ2) is 4.66. The maximum atomic E-state index is 9.34. The highest BCUT2D eigenvalue weighted by molar-refractivity contribution is 4.70. The summed E-state index contributed by atoms with van der Waals surface area (Å²) in [4.78, 5) is 2.02. The number of hydrogen-bond acceptors (Lipinski definition) is 3. The van der Waals surface area contributed by atoms with E-state index in [1.165, 1.54) is 0 Å². The molecule has 0 fully saturated rings. The summed E-state index contributed by atoms with van der Waals surface area (Å²) in [7, 11) is 5.69. The molecule has 2 atom stereocenters. The minimum absolute atomic E-state index is 0.213. The van der Waals surface area contributed by atoms with Gasteiger partial charge >= 0.3 is 0 Å². The standard InChI is InChI=1S/C7H18N2O/c1-5-6(9(3)4)7(10)8-2/h6-8,10H,5H2,1-4H3. The highest BCUT2D eigenvalue weighted by atomic mass is 16.3. The highest BCUT2D eigenvalue weighted by Gasteiger charge is 2.16. The molecule has 0 aromatic carbocycles. The third kappa shape index (κ3) is 2.64. The van der Waals surface area contributed by atoms with Gasteiger partial charge in [0.2, 0.25) is 0 Å². The van der Waals surface area contributed by atoms with Crippen LogP contribution < -0.4 is 5.32 Å². The minimum Gasteiger partial charge on any atom is -0.377 e. The first-order valence-corrected chi connectivity index (χ1v) is 3.65. The van der Waals surface area contributed by atoms with Gasteiger partial charge in [-0.3, -0.25) is 5.32 Å². The van der Waals surface area contributed by atoms with E-state index in [1.807, 2.05) is 19.0 Å². The van der Waals surface area contributed by atoms with Gasteiger partial charge in [0.15, 0.2) is 0 Å². The van der Waals surface area contributed by atoms with Crippen LogP contribution in [0.15, 0.2) is 0 Å². The van der Waals surface area contributed by atoms with Crippen molar-refractivity contribution in [2.45, 2.75) is 25.6 Å². The van der Waals surface area contributed by atoms with Crippen LogP contribution in [0.3, 0.4) is 0 Å². The van der Waals surface area contributed by atoms with Crippen LogP contribution in [0, 0.1) is 0 Å². The molecule has 3 heteroatoms. The summed E-state index contributed by atoms with van der Waals surface area (Å²) in [5, 5.41) is 12.1. The van der Waals surface area contributed by atoms with Crippen LogP contribution >= 0.6 is 0 Å². The van der Waals surface area contributed by atoms with Gasteiger partial charge in [-0.2, -0.15) is 0 Å². The number of nitrogens with one attached hydrogen (secondary N) is 1.